The minimum atomic E-state index is 0.254. The van der Waals surface area contributed by atoms with Crippen LogP contribution in [0.2, 0.25) is 0 Å². The van der Waals surface area contributed by atoms with Crippen LogP contribution in [0.1, 0.15) is 60.3 Å². The first-order valence-corrected chi connectivity index (χ1v) is 8.07. The molecule has 0 spiro atoms. The summed E-state index contributed by atoms with van der Waals surface area (Å²) >= 11 is 0. The second kappa shape index (κ2) is 5.71. The molecule has 0 aliphatic carbocycles. The van der Waals surface area contributed by atoms with Gasteiger partial charge in [0.15, 0.2) is 0 Å². The van der Waals surface area contributed by atoms with E-state index in [-0.39, 0.29) is 11.1 Å². The van der Waals surface area contributed by atoms with E-state index in [2.05, 4.69) is 50.2 Å². The molecule has 2 fully saturated rings. The van der Waals surface area contributed by atoms with Gasteiger partial charge < -0.3 is 15.5 Å². The Bertz CT molecular complexity index is 274. The Labute approximate surface area is 119 Å². The normalized spacial score (nSPS) is 29.5. The van der Waals surface area contributed by atoms with Crippen molar-refractivity contribution in [3.8, 4) is 0 Å². The molecule has 0 radical (unpaired) electrons. The highest BCUT2D eigenvalue weighted by Gasteiger charge is 2.38. The zero-order chi connectivity index (χ0) is 14.1. The lowest BCUT2D eigenvalue weighted by Gasteiger charge is -2.48. The van der Waals surface area contributed by atoms with Crippen molar-refractivity contribution >= 4 is 0 Å². The predicted molar refractivity (Wildman–Crippen MR) is 82.6 cm³/mol. The minimum Gasteiger partial charge on any atom is -0.311 e. The molecule has 0 aromatic heterocycles. The van der Waals surface area contributed by atoms with Crippen LogP contribution in [0, 0.1) is 0 Å². The van der Waals surface area contributed by atoms with Crippen LogP contribution in [-0.2, 0) is 0 Å². The van der Waals surface area contributed by atoms with Crippen molar-refractivity contribution < 1.29 is 0 Å². The molecule has 0 aromatic carbocycles. The van der Waals surface area contributed by atoms with Crippen LogP contribution in [0.15, 0.2) is 0 Å². The summed E-state index contributed by atoms with van der Waals surface area (Å²) in [5, 5.41) is 7.71. The topological polar surface area (TPSA) is 27.3 Å². The van der Waals surface area contributed by atoms with Gasteiger partial charge in [-0.15, -0.1) is 0 Å². The van der Waals surface area contributed by atoms with E-state index in [0.717, 1.165) is 6.04 Å². The Balaban J connectivity index is 1.85. The lowest BCUT2D eigenvalue weighted by Crippen LogP contribution is -2.63. The van der Waals surface area contributed by atoms with Gasteiger partial charge in [-0.25, -0.2) is 0 Å². The molecular weight excluding hydrogens is 234 g/mol. The number of nitrogens with one attached hydrogen (secondary N) is 2. The minimum absolute atomic E-state index is 0.254. The fraction of sp³-hybridized carbons (Fsp3) is 1.00. The Morgan fingerprint density at radius 2 is 1.53 bits per heavy atom. The average molecular weight is 267 g/mol. The molecule has 0 saturated carbocycles. The summed E-state index contributed by atoms with van der Waals surface area (Å²) in [6.45, 7) is 15.4. The summed E-state index contributed by atoms with van der Waals surface area (Å²) in [5.74, 6) is 0. The van der Waals surface area contributed by atoms with Crippen LogP contribution < -0.4 is 10.6 Å². The average Bonchev–Trinajstić information content (AvgIpc) is 2.25. The molecule has 2 N–H and O–H groups in total. The molecule has 112 valence electrons. The number of nitrogens with zero attached hydrogens (tertiary/aromatic N) is 1. The summed E-state index contributed by atoms with van der Waals surface area (Å²) in [5.41, 5.74) is 0.507. The van der Waals surface area contributed by atoms with Gasteiger partial charge in [-0.1, -0.05) is 6.92 Å². The molecule has 2 saturated heterocycles. The molecule has 2 aliphatic rings. The first kappa shape index (κ1) is 15.3. The van der Waals surface area contributed by atoms with E-state index in [4.69, 9.17) is 0 Å². The van der Waals surface area contributed by atoms with Crippen molar-refractivity contribution in [2.75, 3.05) is 19.6 Å². The largest absolute Gasteiger partial charge is 0.311 e. The number of hydrogen-bond acceptors (Lipinski definition) is 3. The number of rotatable bonds is 3. The third kappa shape index (κ3) is 4.44. The van der Waals surface area contributed by atoms with Gasteiger partial charge in [-0.2, -0.15) is 0 Å². The SMILES string of the molecule is CCN1CCC(NC2CC(C)(C)NC(C)(C)C2)CC1. The number of hydrogen-bond donors (Lipinski definition) is 2. The predicted octanol–water partition coefficient (Wildman–Crippen LogP) is 2.37. The zero-order valence-corrected chi connectivity index (χ0v) is 13.6. The molecule has 0 atom stereocenters. The van der Waals surface area contributed by atoms with Gasteiger partial charge in [0.2, 0.25) is 0 Å². The first-order valence-electron chi connectivity index (χ1n) is 8.07. The van der Waals surface area contributed by atoms with E-state index in [1.165, 1.54) is 45.3 Å². The van der Waals surface area contributed by atoms with Gasteiger partial charge in [0.25, 0.3) is 0 Å². The number of likely N-dealkylation sites (tertiary alicyclic amines) is 1. The summed E-state index contributed by atoms with van der Waals surface area (Å²) in [4.78, 5) is 2.56. The third-order valence-electron chi connectivity index (χ3n) is 4.70. The monoisotopic (exact) mass is 267 g/mol. The van der Waals surface area contributed by atoms with E-state index < -0.39 is 0 Å². The lowest BCUT2D eigenvalue weighted by atomic mass is 9.79. The van der Waals surface area contributed by atoms with Gasteiger partial charge in [0, 0.05) is 23.2 Å². The second-order valence-corrected chi connectivity index (χ2v) is 7.87. The van der Waals surface area contributed by atoms with Gasteiger partial charge in [-0.3, -0.25) is 0 Å². The fourth-order valence-electron chi connectivity index (χ4n) is 4.19. The van der Waals surface area contributed by atoms with E-state index >= 15 is 0 Å². The molecule has 3 heteroatoms. The fourth-order valence-corrected chi connectivity index (χ4v) is 4.19. The molecule has 2 aliphatic heterocycles. The van der Waals surface area contributed by atoms with Gasteiger partial charge in [-0.05, 0) is 73.0 Å². The van der Waals surface area contributed by atoms with Crippen LogP contribution in [0.5, 0.6) is 0 Å². The van der Waals surface area contributed by atoms with Gasteiger partial charge in [0.1, 0.15) is 0 Å². The van der Waals surface area contributed by atoms with Crippen LogP contribution in [-0.4, -0.2) is 47.7 Å². The van der Waals surface area contributed by atoms with Crippen LogP contribution >= 0.6 is 0 Å². The van der Waals surface area contributed by atoms with Crippen molar-refractivity contribution in [1.82, 2.24) is 15.5 Å². The molecule has 0 aromatic rings. The molecule has 2 rings (SSSR count). The van der Waals surface area contributed by atoms with Crippen molar-refractivity contribution in [3.05, 3.63) is 0 Å². The van der Waals surface area contributed by atoms with Crippen LogP contribution in [0.25, 0.3) is 0 Å². The molecular formula is C16H33N3. The van der Waals surface area contributed by atoms with Gasteiger partial charge >= 0.3 is 0 Å². The maximum atomic E-state index is 3.95. The Kier molecular flexibility index (Phi) is 4.59. The Morgan fingerprint density at radius 1 is 1.00 bits per heavy atom. The van der Waals surface area contributed by atoms with Crippen LogP contribution in [0.4, 0.5) is 0 Å². The summed E-state index contributed by atoms with van der Waals surface area (Å²) in [6, 6.07) is 1.40. The Morgan fingerprint density at radius 3 is 2.00 bits per heavy atom. The van der Waals surface area contributed by atoms with E-state index in [1.807, 2.05) is 0 Å². The highest BCUT2D eigenvalue weighted by Crippen LogP contribution is 2.29. The van der Waals surface area contributed by atoms with E-state index in [0.29, 0.717) is 6.04 Å². The summed E-state index contributed by atoms with van der Waals surface area (Å²) < 4.78 is 0. The van der Waals surface area contributed by atoms with Crippen molar-refractivity contribution in [3.63, 3.8) is 0 Å². The molecule has 2 heterocycles. The Hall–Kier alpha value is -0.120. The van der Waals surface area contributed by atoms with Crippen LogP contribution in [0.3, 0.4) is 0 Å². The molecule has 0 bridgehead atoms. The molecule has 0 amide bonds. The highest BCUT2D eigenvalue weighted by molar-refractivity contribution is 5.00. The maximum absolute atomic E-state index is 3.95. The summed E-state index contributed by atoms with van der Waals surface area (Å²) in [6.07, 6.45) is 5.12. The quantitative estimate of drug-likeness (QED) is 0.822. The zero-order valence-electron chi connectivity index (χ0n) is 13.6. The van der Waals surface area contributed by atoms with E-state index in [9.17, 15) is 0 Å². The summed E-state index contributed by atoms with van der Waals surface area (Å²) in [7, 11) is 0. The number of piperidine rings is 2. The van der Waals surface area contributed by atoms with Gasteiger partial charge in [0.05, 0.1) is 0 Å². The first-order chi connectivity index (χ1) is 8.80. The van der Waals surface area contributed by atoms with E-state index in [1.54, 1.807) is 0 Å². The molecule has 19 heavy (non-hydrogen) atoms. The standard InChI is InChI=1S/C16H33N3/c1-6-19-9-7-13(8-10-19)17-14-11-15(2,3)18-16(4,5)12-14/h13-14,17-18H,6-12H2,1-5H3. The second-order valence-electron chi connectivity index (χ2n) is 7.87. The molecule has 0 unspecified atom stereocenters. The van der Waals surface area contributed by atoms with Crippen molar-refractivity contribution in [1.29, 1.82) is 0 Å². The van der Waals surface area contributed by atoms with Crippen molar-refractivity contribution in [2.45, 2.75) is 83.5 Å². The maximum Gasteiger partial charge on any atom is 0.0144 e. The third-order valence-corrected chi connectivity index (χ3v) is 4.70. The smallest absolute Gasteiger partial charge is 0.0144 e. The highest BCUT2D eigenvalue weighted by atomic mass is 15.1. The molecule has 3 nitrogen and oxygen atoms in total. The lowest BCUT2D eigenvalue weighted by molar-refractivity contribution is 0.125. The van der Waals surface area contributed by atoms with Crippen molar-refractivity contribution in [2.24, 2.45) is 0 Å².